The molecule has 0 aromatic heterocycles. The maximum atomic E-state index is 5.42. The molecule has 1 rings (SSSR count). The van der Waals surface area contributed by atoms with Gasteiger partial charge in [-0.1, -0.05) is 12.1 Å². The average molecular weight is 465 g/mol. The third-order valence-electron chi connectivity index (χ3n) is 3.59. The molecule has 25 heavy (non-hydrogen) atoms. The van der Waals surface area contributed by atoms with Crippen LogP contribution in [-0.2, 0) is 15.9 Å². The van der Waals surface area contributed by atoms with Crippen molar-refractivity contribution in [2.45, 2.75) is 19.8 Å². The highest BCUT2D eigenvalue weighted by molar-refractivity contribution is 14.0. The normalized spacial score (nSPS) is 11.0. The molecule has 1 aromatic carbocycles. The van der Waals surface area contributed by atoms with Crippen LogP contribution in [0.3, 0.4) is 0 Å². The van der Waals surface area contributed by atoms with Gasteiger partial charge in [-0.3, -0.25) is 4.99 Å². The van der Waals surface area contributed by atoms with E-state index in [1.807, 2.05) is 6.92 Å². The molecule has 0 fully saturated rings. The SMILES string of the molecule is CN=C(NCCCOCCOC)NCCc1ccc(C)c(OC)c1.I. The van der Waals surface area contributed by atoms with E-state index in [1.54, 1.807) is 21.3 Å². The van der Waals surface area contributed by atoms with Crippen molar-refractivity contribution in [1.82, 2.24) is 10.6 Å². The number of hydrogen-bond acceptors (Lipinski definition) is 4. The van der Waals surface area contributed by atoms with E-state index in [1.165, 1.54) is 5.56 Å². The number of rotatable bonds is 11. The second-order valence-electron chi connectivity index (χ2n) is 5.44. The second-order valence-corrected chi connectivity index (χ2v) is 5.44. The number of benzene rings is 1. The number of aryl methyl sites for hydroxylation is 1. The van der Waals surface area contributed by atoms with Crippen molar-refractivity contribution in [2.24, 2.45) is 4.99 Å². The molecule has 0 bridgehead atoms. The van der Waals surface area contributed by atoms with Gasteiger partial charge in [0.2, 0.25) is 0 Å². The number of aliphatic imine (C=N–C) groups is 1. The molecular weight excluding hydrogens is 433 g/mol. The summed E-state index contributed by atoms with van der Waals surface area (Å²) in [5.74, 6) is 1.74. The number of guanidine groups is 1. The van der Waals surface area contributed by atoms with E-state index in [2.05, 4.69) is 33.8 Å². The van der Waals surface area contributed by atoms with Crippen molar-refractivity contribution in [3.63, 3.8) is 0 Å². The third kappa shape index (κ3) is 10.5. The highest BCUT2D eigenvalue weighted by Gasteiger charge is 2.02. The van der Waals surface area contributed by atoms with Crippen LogP contribution in [0.5, 0.6) is 5.75 Å². The minimum atomic E-state index is 0. The van der Waals surface area contributed by atoms with Crippen LogP contribution in [-0.4, -0.2) is 60.1 Å². The zero-order valence-electron chi connectivity index (χ0n) is 15.8. The molecule has 0 saturated heterocycles. The number of nitrogens with one attached hydrogen (secondary N) is 2. The monoisotopic (exact) mass is 465 g/mol. The topological polar surface area (TPSA) is 64.1 Å². The molecule has 0 aliphatic carbocycles. The molecule has 0 unspecified atom stereocenters. The van der Waals surface area contributed by atoms with E-state index < -0.39 is 0 Å². The summed E-state index contributed by atoms with van der Waals surface area (Å²) in [5, 5.41) is 6.60. The summed E-state index contributed by atoms with van der Waals surface area (Å²) < 4.78 is 15.7. The van der Waals surface area contributed by atoms with Gasteiger partial charge in [0.1, 0.15) is 5.75 Å². The van der Waals surface area contributed by atoms with Gasteiger partial charge in [-0.25, -0.2) is 0 Å². The maximum Gasteiger partial charge on any atom is 0.190 e. The number of ether oxygens (including phenoxy) is 3. The lowest BCUT2D eigenvalue weighted by Crippen LogP contribution is -2.39. The van der Waals surface area contributed by atoms with Crippen molar-refractivity contribution in [1.29, 1.82) is 0 Å². The molecule has 144 valence electrons. The quantitative estimate of drug-likeness (QED) is 0.228. The highest BCUT2D eigenvalue weighted by atomic mass is 127. The Balaban J connectivity index is 0.00000576. The van der Waals surface area contributed by atoms with Crippen LogP contribution < -0.4 is 15.4 Å². The molecular formula is C18H32IN3O3. The molecule has 6 nitrogen and oxygen atoms in total. The first kappa shape index (κ1) is 23.9. The minimum Gasteiger partial charge on any atom is -0.496 e. The number of hydrogen-bond donors (Lipinski definition) is 2. The number of methoxy groups -OCH3 is 2. The molecule has 0 spiro atoms. The van der Waals surface area contributed by atoms with Crippen LogP contribution in [0.25, 0.3) is 0 Å². The molecule has 0 atom stereocenters. The minimum absolute atomic E-state index is 0. The molecule has 0 radical (unpaired) electrons. The van der Waals surface area contributed by atoms with Crippen LogP contribution in [0.1, 0.15) is 17.5 Å². The van der Waals surface area contributed by atoms with Gasteiger partial charge in [0.25, 0.3) is 0 Å². The summed E-state index contributed by atoms with van der Waals surface area (Å²) in [6.45, 7) is 5.69. The van der Waals surface area contributed by atoms with Crippen molar-refractivity contribution in [3.05, 3.63) is 29.3 Å². The van der Waals surface area contributed by atoms with E-state index in [0.29, 0.717) is 13.2 Å². The number of nitrogens with zero attached hydrogens (tertiary/aromatic N) is 1. The van der Waals surface area contributed by atoms with Crippen molar-refractivity contribution < 1.29 is 14.2 Å². The molecule has 0 heterocycles. The van der Waals surface area contributed by atoms with Gasteiger partial charge in [-0.05, 0) is 37.0 Å². The molecule has 2 N–H and O–H groups in total. The zero-order valence-corrected chi connectivity index (χ0v) is 18.1. The highest BCUT2D eigenvalue weighted by Crippen LogP contribution is 2.18. The first-order valence-electron chi connectivity index (χ1n) is 8.36. The smallest absolute Gasteiger partial charge is 0.190 e. The standard InChI is InChI=1S/C18H31N3O3.HI/c1-15-6-7-16(14-17(15)23-4)8-10-21-18(19-2)20-9-5-11-24-13-12-22-3;/h6-7,14H,5,8-13H2,1-4H3,(H2,19,20,21);1H. The van der Waals surface area contributed by atoms with Crippen LogP contribution >= 0.6 is 24.0 Å². The van der Waals surface area contributed by atoms with Gasteiger partial charge in [-0.2, -0.15) is 0 Å². The summed E-state index contributed by atoms with van der Waals surface area (Å²) in [6, 6.07) is 6.31. The fraction of sp³-hybridized carbons (Fsp3) is 0.611. The van der Waals surface area contributed by atoms with Gasteiger partial charge in [0.05, 0.1) is 20.3 Å². The Morgan fingerprint density at radius 1 is 1.08 bits per heavy atom. The summed E-state index contributed by atoms with van der Waals surface area (Å²) in [4.78, 5) is 4.22. The van der Waals surface area contributed by atoms with Gasteiger partial charge in [0, 0.05) is 33.9 Å². The van der Waals surface area contributed by atoms with E-state index in [-0.39, 0.29) is 24.0 Å². The Morgan fingerprint density at radius 3 is 2.52 bits per heavy atom. The Hall–Kier alpha value is -1.06. The summed E-state index contributed by atoms with van der Waals surface area (Å²) >= 11 is 0. The first-order chi connectivity index (χ1) is 11.7. The molecule has 0 saturated carbocycles. The lowest BCUT2D eigenvalue weighted by Gasteiger charge is -2.12. The van der Waals surface area contributed by atoms with Crippen molar-refractivity contribution >= 4 is 29.9 Å². The van der Waals surface area contributed by atoms with E-state index in [9.17, 15) is 0 Å². The first-order valence-corrected chi connectivity index (χ1v) is 8.36. The second kappa shape index (κ2) is 15.2. The average Bonchev–Trinajstić information content (AvgIpc) is 2.60. The maximum absolute atomic E-state index is 5.42. The van der Waals surface area contributed by atoms with Gasteiger partial charge in [-0.15, -0.1) is 24.0 Å². The molecule has 7 heteroatoms. The lowest BCUT2D eigenvalue weighted by atomic mass is 10.1. The zero-order chi connectivity index (χ0) is 17.6. The van der Waals surface area contributed by atoms with Crippen LogP contribution in [0.2, 0.25) is 0 Å². The van der Waals surface area contributed by atoms with E-state index in [0.717, 1.165) is 49.8 Å². The summed E-state index contributed by atoms with van der Waals surface area (Å²) in [6.07, 6.45) is 1.84. The predicted octanol–water partition coefficient (Wildman–Crippen LogP) is 2.38. The van der Waals surface area contributed by atoms with Crippen molar-refractivity contribution in [2.75, 3.05) is 54.2 Å². The molecule has 0 aliphatic rings. The molecule has 1 aromatic rings. The van der Waals surface area contributed by atoms with Crippen LogP contribution in [0, 0.1) is 6.92 Å². The molecule has 0 aliphatic heterocycles. The van der Waals surface area contributed by atoms with E-state index >= 15 is 0 Å². The van der Waals surface area contributed by atoms with E-state index in [4.69, 9.17) is 14.2 Å². The largest absolute Gasteiger partial charge is 0.496 e. The van der Waals surface area contributed by atoms with Crippen LogP contribution in [0.15, 0.2) is 23.2 Å². The Kier molecular flexibility index (Phi) is 14.6. The predicted molar refractivity (Wildman–Crippen MR) is 114 cm³/mol. The van der Waals surface area contributed by atoms with Crippen molar-refractivity contribution in [3.8, 4) is 5.75 Å². The van der Waals surface area contributed by atoms with Gasteiger partial charge < -0.3 is 24.8 Å². The van der Waals surface area contributed by atoms with Gasteiger partial charge in [0.15, 0.2) is 5.96 Å². The fourth-order valence-electron chi connectivity index (χ4n) is 2.19. The fourth-order valence-corrected chi connectivity index (χ4v) is 2.19. The lowest BCUT2D eigenvalue weighted by molar-refractivity contribution is 0.0698. The Bertz CT molecular complexity index is 498. The molecule has 0 amide bonds. The van der Waals surface area contributed by atoms with Crippen LogP contribution in [0.4, 0.5) is 0 Å². The number of halogens is 1. The van der Waals surface area contributed by atoms with Gasteiger partial charge >= 0.3 is 0 Å². The summed E-state index contributed by atoms with van der Waals surface area (Å²) in [7, 11) is 5.15. The Morgan fingerprint density at radius 2 is 1.84 bits per heavy atom. The summed E-state index contributed by atoms with van der Waals surface area (Å²) in [5.41, 5.74) is 2.39. The Labute approximate surface area is 168 Å². The third-order valence-corrected chi connectivity index (χ3v) is 3.59.